The molecule has 0 saturated carbocycles. The summed E-state index contributed by atoms with van der Waals surface area (Å²) in [7, 11) is -3.88. The van der Waals surface area contributed by atoms with Gasteiger partial charge in [-0.1, -0.05) is 17.7 Å². The maximum absolute atomic E-state index is 11.7. The van der Waals surface area contributed by atoms with Crippen molar-refractivity contribution < 1.29 is 8.42 Å². The summed E-state index contributed by atoms with van der Waals surface area (Å²) in [5.41, 5.74) is 16.3. The Morgan fingerprint density at radius 2 is 1.65 bits per heavy atom. The summed E-state index contributed by atoms with van der Waals surface area (Å²) in [5, 5.41) is 0. The Kier molecular flexibility index (Phi) is 3.69. The van der Waals surface area contributed by atoms with Crippen molar-refractivity contribution in [3.05, 3.63) is 29.8 Å². The van der Waals surface area contributed by atoms with Crippen molar-refractivity contribution >= 4 is 21.9 Å². The zero-order chi connectivity index (χ0) is 13.1. The second kappa shape index (κ2) is 4.83. The lowest BCUT2D eigenvalue weighted by Gasteiger charge is -1.99. The van der Waals surface area contributed by atoms with E-state index in [0.29, 0.717) is 0 Å². The third-order valence-corrected chi connectivity index (χ3v) is 3.07. The Balaban J connectivity index is 3.13. The predicted octanol–water partition coefficient (Wildman–Crippen LogP) is -0.728. The van der Waals surface area contributed by atoms with Crippen molar-refractivity contribution in [3.8, 4) is 0 Å². The van der Waals surface area contributed by atoms with Crippen LogP contribution in [0.4, 0.5) is 0 Å². The van der Waals surface area contributed by atoms with E-state index in [0.717, 1.165) is 5.56 Å². The first-order chi connectivity index (χ1) is 7.81. The third-order valence-electron chi connectivity index (χ3n) is 1.78. The maximum atomic E-state index is 11.7. The van der Waals surface area contributed by atoms with Gasteiger partial charge in [0.05, 0.1) is 4.90 Å². The average molecular weight is 255 g/mol. The fourth-order valence-corrected chi connectivity index (χ4v) is 1.91. The Bertz CT molecular complexity index is 556. The second-order valence-corrected chi connectivity index (χ2v) is 4.88. The van der Waals surface area contributed by atoms with Crippen LogP contribution in [0.15, 0.2) is 38.6 Å². The predicted molar refractivity (Wildman–Crippen MR) is 65.8 cm³/mol. The normalized spacial score (nSPS) is 12.2. The molecule has 7 nitrogen and oxygen atoms in total. The van der Waals surface area contributed by atoms with Crippen LogP contribution in [0.3, 0.4) is 0 Å². The molecule has 6 N–H and O–H groups in total. The van der Waals surface area contributed by atoms with E-state index in [4.69, 9.17) is 17.2 Å². The van der Waals surface area contributed by atoms with E-state index < -0.39 is 16.0 Å². The SMILES string of the molecule is Cc1ccc(S(=O)(=O)/N=C(\N)N=C(N)N)cc1. The first-order valence-corrected chi connectivity index (χ1v) is 6.02. The number of guanidine groups is 2. The lowest BCUT2D eigenvalue weighted by molar-refractivity contribution is 0.598. The van der Waals surface area contributed by atoms with Gasteiger partial charge >= 0.3 is 0 Å². The highest BCUT2D eigenvalue weighted by atomic mass is 32.2. The molecule has 0 bridgehead atoms. The molecule has 92 valence electrons. The summed E-state index contributed by atoms with van der Waals surface area (Å²) in [5.74, 6) is -0.865. The van der Waals surface area contributed by atoms with Gasteiger partial charge in [0, 0.05) is 0 Å². The number of sulfonamides is 1. The molecule has 0 spiro atoms. The van der Waals surface area contributed by atoms with Gasteiger partial charge in [-0.05, 0) is 19.1 Å². The van der Waals surface area contributed by atoms with E-state index >= 15 is 0 Å². The van der Waals surface area contributed by atoms with Gasteiger partial charge in [-0.3, -0.25) is 0 Å². The lowest BCUT2D eigenvalue weighted by atomic mass is 10.2. The maximum Gasteiger partial charge on any atom is 0.285 e. The molecule has 0 amide bonds. The van der Waals surface area contributed by atoms with E-state index in [-0.39, 0.29) is 10.9 Å². The van der Waals surface area contributed by atoms with E-state index in [1.807, 2.05) is 6.92 Å². The van der Waals surface area contributed by atoms with Crippen LogP contribution in [0.5, 0.6) is 0 Å². The van der Waals surface area contributed by atoms with Gasteiger partial charge in [0.2, 0.25) is 5.96 Å². The number of nitrogens with two attached hydrogens (primary N) is 3. The number of hydrogen-bond acceptors (Lipinski definition) is 2. The number of benzene rings is 1. The van der Waals surface area contributed by atoms with Crippen LogP contribution in [0, 0.1) is 6.92 Å². The molecule has 0 radical (unpaired) electrons. The van der Waals surface area contributed by atoms with Crippen molar-refractivity contribution in [2.24, 2.45) is 26.6 Å². The standard InChI is InChI=1S/C9H13N5O2S/c1-6-2-4-7(5-3-6)17(15,16)14-9(12)13-8(10)11/h2-5H,1H3,(H6,10,11,12,13,14). The molecule has 8 heteroatoms. The Morgan fingerprint density at radius 3 is 2.12 bits per heavy atom. The van der Waals surface area contributed by atoms with Crippen LogP contribution >= 0.6 is 0 Å². The van der Waals surface area contributed by atoms with Gasteiger partial charge in [0.15, 0.2) is 5.96 Å². The largest absolute Gasteiger partial charge is 0.370 e. The molecule has 17 heavy (non-hydrogen) atoms. The lowest BCUT2D eigenvalue weighted by Crippen LogP contribution is -2.26. The van der Waals surface area contributed by atoms with Crippen LogP contribution in [-0.4, -0.2) is 20.3 Å². The number of aliphatic imine (C=N–C) groups is 1. The topological polar surface area (TPSA) is 137 Å². The van der Waals surface area contributed by atoms with Gasteiger partial charge in [-0.15, -0.1) is 4.40 Å². The first kappa shape index (κ1) is 13.0. The van der Waals surface area contributed by atoms with Gasteiger partial charge in [0.25, 0.3) is 10.0 Å². The molecule has 0 aliphatic carbocycles. The minimum atomic E-state index is -3.88. The average Bonchev–Trinajstić information content (AvgIpc) is 2.15. The fraction of sp³-hybridized carbons (Fsp3) is 0.111. The van der Waals surface area contributed by atoms with Gasteiger partial charge < -0.3 is 17.2 Å². The number of nitrogens with zero attached hydrogens (tertiary/aromatic N) is 2. The molecule has 1 aromatic rings. The van der Waals surface area contributed by atoms with Crippen molar-refractivity contribution in [3.63, 3.8) is 0 Å². The Morgan fingerprint density at radius 1 is 1.12 bits per heavy atom. The molecular weight excluding hydrogens is 242 g/mol. The summed E-state index contributed by atoms with van der Waals surface area (Å²) in [6.07, 6.45) is 0. The molecule has 0 saturated heterocycles. The van der Waals surface area contributed by atoms with Crippen LogP contribution in [-0.2, 0) is 10.0 Å². The molecule has 0 unspecified atom stereocenters. The summed E-state index contributed by atoms with van der Waals surface area (Å²) in [6.45, 7) is 1.84. The van der Waals surface area contributed by atoms with Crippen LogP contribution in [0.1, 0.15) is 5.56 Å². The highest BCUT2D eigenvalue weighted by Gasteiger charge is 2.12. The molecule has 1 rings (SSSR count). The van der Waals surface area contributed by atoms with Crippen LogP contribution in [0.25, 0.3) is 0 Å². The monoisotopic (exact) mass is 255 g/mol. The third kappa shape index (κ3) is 3.76. The molecule has 0 aliphatic heterocycles. The summed E-state index contributed by atoms with van der Waals surface area (Å²) in [4.78, 5) is 3.35. The van der Waals surface area contributed by atoms with E-state index in [1.165, 1.54) is 12.1 Å². The van der Waals surface area contributed by atoms with Crippen molar-refractivity contribution in [1.29, 1.82) is 0 Å². The van der Waals surface area contributed by atoms with Crippen LogP contribution in [0.2, 0.25) is 0 Å². The number of hydrogen-bond donors (Lipinski definition) is 3. The van der Waals surface area contributed by atoms with E-state index in [1.54, 1.807) is 12.1 Å². The summed E-state index contributed by atoms with van der Waals surface area (Å²) in [6, 6.07) is 6.16. The van der Waals surface area contributed by atoms with Crippen molar-refractivity contribution in [1.82, 2.24) is 0 Å². The molecule has 1 aromatic carbocycles. The number of rotatable bonds is 2. The fourth-order valence-electron chi connectivity index (χ4n) is 1.04. The molecule has 0 heterocycles. The van der Waals surface area contributed by atoms with E-state index in [9.17, 15) is 8.42 Å². The highest BCUT2D eigenvalue weighted by Crippen LogP contribution is 2.12. The van der Waals surface area contributed by atoms with Gasteiger partial charge in [0.1, 0.15) is 0 Å². The quantitative estimate of drug-likeness (QED) is 0.472. The second-order valence-electron chi connectivity index (χ2n) is 3.27. The van der Waals surface area contributed by atoms with E-state index in [2.05, 4.69) is 9.39 Å². The van der Waals surface area contributed by atoms with Crippen LogP contribution < -0.4 is 17.2 Å². The van der Waals surface area contributed by atoms with Gasteiger partial charge in [-0.2, -0.15) is 13.4 Å². The molecule has 0 aromatic heterocycles. The molecule has 0 atom stereocenters. The Hall–Kier alpha value is -2.09. The molecule has 0 aliphatic rings. The zero-order valence-corrected chi connectivity index (χ0v) is 9.98. The summed E-state index contributed by atoms with van der Waals surface area (Å²) >= 11 is 0. The van der Waals surface area contributed by atoms with Crippen molar-refractivity contribution in [2.45, 2.75) is 11.8 Å². The smallest absolute Gasteiger partial charge is 0.285 e. The molecule has 0 fully saturated rings. The number of aryl methyl sites for hydroxylation is 1. The highest BCUT2D eigenvalue weighted by molar-refractivity contribution is 7.90. The van der Waals surface area contributed by atoms with Crippen molar-refractivity contribution in [2.75, 3.05) is 0 Å². The summed E-state index contributed by atoms with van der Waals surface area (Å²) < 4.78 is 26.7. The first-order valence-electron chi connectivity index (χ1n) is 4.58. The molecular formula is C9H13N5O2S. The Labute approximate surface area is 99.1 Å². The van der Waals surface area contributed by atoms with Gasteiger partial charge in [-0.25, -0.2) is 0 Å². The minimum absolute atomic E-state index is 0.0249. The minimum Gasteiger partial charge on any atom is -0.370 e. The zero-order valence-electron chi connectivity index (χ0n) is 9.16.